The van der Waals surface area contributed by atoms with Gasteiger partial charge in [-0.25, -0.2) is 9.67 Å². The molecule has 2 aromatic heterocycles. The van der Waals surface area contributed by atoms with Gasteiger partial charge in [0.15, 0.2) is 5.65 Å². The summed E-state index contributed by atoms with van der Waals surface area (Å²) in [6.07, 6.45) is 0.829. The Hall–Kier alpha value is -1.34. The molecule has 0 saturated carbocycles. The molecule has 0 aliphatic heterocycles. The van der Waals surface area contributed by atoms with Gasteiger partial charge in [-0.05, 0) is 40.5 Å². The molecule has 0 bridgehead atoms. The molecule has 104 valence electrons. The van der Waals surface area contributed by atoms with Crippen molar-refractivity contribution in [3.63, 3.8) is 0 Å². The predicted octanol–water partition coefficient (Wildman–Crippen LogP) is 3.43. The molecule has 0 spiro atoms. The lowest BCUT2D eigenvalue weighted by Crippen LogP contribution is -2.05. The van der Waals surface area contributed by atoms with Crippen molar-refractivity contribution in [2.45, 2.75) is 13.3 Å². The van der Waals surface area contributed by atoms with Gasteiger partial charge in [0.1, 0.15) is 5.52 Å². The molecule has 0 aliphatic carbocycles. The van der Waals surface area contributed by atoms with Crippen LogP contribution in [0.2, 0.25) is 0 Å². The summed E-state index contributed by atoms with van der Waals surface area (Å²) >= 11 is 7.03. The van der Waals surface area contributed by atoms with Gasteiger partial charge in [0, 0.05) is 16.0 Å². The monoisotopic (exact) mass is 397 g/mol. The van der Waals surface area contributed by atoms with E-state index in [1.165, 1.54) is 0 Å². The Kier molecular flexibility index (Phi) is 3.33. The molecule has 0 atom stereocenters. The van der Waals surface area contributed by atoms with Crippen molar-refractivity contribution >= 4 is 49.0 Å². The van der Waals surface area contributed by atoms with Gasteiger partial charge in [0.2, 0.25) is 5.95 Å². The first-order valence-electron chi connectivity index (χ1n) is 6.18. The zero-order valence-electron chi connectivity index (χ0n) is 11.1. The number of nitrogen functional groups attached to an aromatic ring is 1. The second-order valence-corrected chi connectivity index (χ2v) is 6.27. The molecule has 2 N–H and O–H groups in total. The second kappa shape index (κ2) is 4.89. The number of benzene rings is 1. The van der Waals surface area contributed by atoms with Crippen molar-refractivity contribution in [2.24, 2.45) is 7.05 Å². The van der Waals surface area contributed by atoms with Crippen LogP contribution in [0.3, 0.4) is 0 Å². The number of hydrogen-bond acceptors (Lipinski definition) is 3. The SMILES string of the molecule is CCc1nn(C)c2c1nc(N)n2-c1ccc(Br)cc1Br. The molecule has 1 aromatic carbocycles. The number of nitrogens with two attached hydrogens (primary N) is 1. The van der Waals surface area contributed by atoms with Gasteiger partial charge in [-0.1, -0.05) is 22.9 Å². The Morgan fingerprint density at radius 1 is 1.30 bits per heavy atom. The minimum absolute atomic E-state index is 0.464. The quantitative estimate of drug-likeness (QED) is 0.719. The molecular formula is C13H13Br2N5. The molecule has 0 aliphatic rings. The maximum Gasteiger partial charge on any atom is 0.207 e. The van der Waals surface area contributed by atoms with E-state index in [0.717, 1.165) is 37.9 Å². The fourth-order valence-corrected chi connectivity index (χ4v) is 3.56. The van der Waals surface area contributed by atoms with E-state index in [4.69, 9.17) is 5.73 Å². The number of aromatic nitrogens is 4. The van der Waals surface area contributed by atoms with Crippen molar-refractivity contribution in [1.29, 1.82) is 0 Å². The van der Waals surface area contributed by atoms with Crippen LogP contribution in [0, 0.1) is 0 Å². The maximum absolute atomic E-state index is 6.11. The Labute approximate surface area is 133 Å². The molecule has 7 heteroatoms. The van der Waals surface area contributed by atoms with E-state index in [1.54, 1.807) is 0 Å². The smallest absolute Gasteiger partial charge is 0.207 e. The summed E-state index contributed by atoms with van der Waals surface area (Å²) in [7, 11) is 1.91. The zero-order valence-corrected chi connectivity index (χ0v) is 14.2. The fraction of sp³-hybridized carbons (Fsp3) is 0.231. The van der Waals surface area contributed by atoms with Crippen molar-refractivity contribution in [3.8, 4) is 5.69 Å². The summed E-state index contributed by atoms with van der Waals surface area (Å²) in [5.41, 5.74) is 9.78. The highest BCUT2D eigenvalue weighted by Gasteiger charge is 2.19. The summed E-state index contributed by atoms with van der Waals surface area (Å²) in [6.45, 7) is 2.06. The molecule has 5 nitrogen and oxygen atoms in total. The van der Waals surface area contributed by atoms with E-state index in [1.807, 2.05) is 34.5 Å². The number of imidazole rings is 1. The van der Waals surface area contributed by atoms with Crippen molar-refractivity contribution in [3.05, 3.63) is 32.8 Å². The van der Waals surface area contributed by atoms with Crippen LogP contribution >= 0.6 is 31.9 Å². The van der Waals surface area contributed by atoms with Crippen LogP contribution in [-0.2, 0) is 13.5 Å². The average Bonchev–Trinajstić information content (AvgIpc) is 2.87. The number of fused-ring (bicyclic) bond motifs is 1. The van der Waals surface area contributed by atoms with Crippen LogP contribution < -0.4 is 5.73 Å². The largest absolute Gasteiger partial charge is 0.369 e. The maximum atomic E-state index is 6.11. The van der Waals surface area contributed by atoms with Crippen LogP contribution in [0.15, 0.2) is 27.1 Å². The Morgan fingerprint density at radius 2 is 2.05 bits per heavy atom. The van der Waals surface area contributed by atoms with E-state index >= 15 is 0 Å². The number of rotatable bonds is 2. The third-order valence-electron chi connectivity index (χ3n) is 3.22. The topological polar surface area (TPSA) is 61.7 Å². The fourth-order valence-electron chi connectivity index (χ4n) is 2.33. The Balaban J connectivity index is 2.36. The molecule has 0 radical (unpaired) electrons. The summed E-state index contributed by atoms with van der Waals surface area (Å²) in [4.78, 5) is 4.47. The van der Waals surface area contributed by atoms with E-state index in [-0.39, 0.29) is 0 Å². The van der Waals surface area contributed by atoms with Crippen LogP contribution in [0.4, 0.5) is 5.95 Å². The third kappa shape index (κ3) is 1.96. The first kappa shape index (κ1) is 13.6. The molecule has 3 rings (SSSR count). The van der Waals surface area contributed by atoms with Gasteiger partial charge in [-0.2, -0.15) is 5.10 Å². The minimum Gasteiger partial charge on any atom is -0.369 e. The van der Waals surface area contributed by atoms with Gasteiger partial charge in [-0.15, -0.1) is 0 Å². The standard InChI is InChI=1S/C13H13Br2N5/c1-3-9-11-12(19(2)18-9)20(13(16)17-11)10-5-4-7(14)6-8(10)15/h4-6H,3H2,1-2H3,(H2,16,17). The summed E-state index contributed by atoms with van der Waals surface area (Å²) < 4.78 is 5.68. The molecule has 3 aromatic rings. The zero-order chi connectivity index (χ0) is 14.4. The van der Waals surface area contributed by atoms with Crippen LogP contribution in [0.25, 0.3) is 16.9 Å². The highest BCUT2D eigenvalue weighted by atomic mass is 79.9. The molecule has 20 heavy (non-hydrogen) atoms. The summed E-state index contributed by atoms with van der Waals surface area (Å²) in [5.74, 6) is 0.464. The van der Waals surface area contributed by atoms with E-state index in [2.05, 4.69) is 48.9 Å². The van der Waals surface area contributed by atoms with Gasteiger partial charge >= 0.3 is 0 Å². The molecule has 0 amide bonds. The molecule has 2 heterocycles. The lowest BCUT2D eigenvalue weighted by molar-refractivity contribution is 0.751. The minimum atomic E-state index is 0.464. The Bertz CT molecular complexity index is 803. The van der Waals surface area contributed by atoms with Gasteiger partial charge < -0.3 is 5.73 Å². The van der Waals surface area contributed by atoms with Crippen molar-refractivity contribution in [2.75, 3.05) is 5.73 Å². The molecule has 0 unspecified atom stereocenters. The number of anilines is 1. The van der Waals surface area contributed by atoms with Crippen molar-refractivity contribution < 1.29 is 0 Å². The highest BCUT2D eigenvalue weighted by Crippen LogP contribution is 2.31. The predicted molar refractivity (Wildman–Crippen MR) is 87.0 cm³/mol. The van der Waals surface area contributed by atoms with Crippen molar-refractivity contribution in [1.82, 2.24) is 19.3 Å². The first-order valence-corrected chi connectivity index (χ1v) is 7.76. The second-order valence-electron chi connectivity index (χ2n) is 4.50. The first-order chi connectivity index (χ1) is 9.52. The lowest BCUT2D eigenvalue weighted by atomic mass is 10.3. The van der Waals surface area contributed by atoms with Gasteiger partial charge in [-0.3, -0.25) is 4.57 Å². The van der Waals surface area contributed by atoms with Crippen LogP contribution in [0.5, 0.6) is 0 Å². The lowest BCUT2D eigenvalue weighted by Gasteiger charge is -2.09. The molecule has 0 fully saturated rings. The highest BCUT2D eigenvalue weighted by molar-refractivity contribution is 9.11. The molecular weight excluding hydrogens is 386 g/mol. The average molecular weight is 399 g/mol. The summed E-state index contributed by atoms with van der Waals surface area (Å²) in [5, 5.41) is 4.50. The number of hydrogen-bond donors (Lipinski definition) is 1. The summed E-state index contributed by atoms with van der Waals surface area (Å²) in [6, 6.07) is 5.95. The Morgan fingerprint density at radius 3 is 2.70 bits per heavy atom. The van der Waals surface area contributed by atoms with Gasteiger partial charge in [0.05, 0.1) is 11.4 Å². The van der Waals surface area contributed by atoms with E-state index < -0.39 is 0 Å². The number of aryl methyl sites for hydroxylation is 2. The van der Waals surface area contributed by atoms with E-state index in [9.17, 15) is 0 Å². The number of nitrogens with zero attached hydrogens (tertiary/aromatic N) is 4. The third-order valence-corrected chi connectivity index (χ3v) is 4.34. The molecule has 0 saturated heterocycles. The van der Waals surface area contributed by atoms with E-state index in [0.29, 0.717) is 5.95 Å². The normalized spacial score (nSPS) is 11.4. The van der Waals surface area contributed by atoms with Gasteiger partial charge in [0.25, 0.3) is 0 Å². The number of halogens is 2. The van der Waals surface area contributed by atoms with Crippen LogP contribution in [-0.4, -0.2) is 19.3 Å². The van der Waals surface area contributed by atoms with Crippen LogP contribution in [0.1, 0.15) is 12.6 Å².